The van der Waals surface area contributed by atoms with Crippen LogP contribution in [0.2, 0.25) is 0 Å². The molecule has 20 heavy (non-hydrogen) atoms. The van der Waals surface area contributed by atoms with E-state index >= 15 is 0 Å². The van der Waals surface area contributed by atoms with Gasteiger partial charge >= 0.3 is 0 Å². The summed E-state index contributed by atoms with van der Waals surface area (Å²) in [6.45, 7) is 3.50. The first-order chi connectivity index (χ1) is 9.54. The summed E-state index contributed by atoms with van der Waals surface area (Å²) in [5, 5.41) is 1.41. The predicted molar refractivity (Wildman–Crippen MR) is 78.7 cm³/mol. The molecule has 0 unspecified atom stereocenters. The summed E-state index contributed by atoms with van der Waals surface area (Å²) in [5.74, 6) is -0.530. The Kier molecular flexibility index (Phi) is 4.20. The maximum atomic E-state index is 12.3. The zero-order valence-electron chi connectivity index (χ0n) is 10.9. The standard InChI is InChI=1S/C15H15NO3S/c1-2-3-11-15(17)16-20(18,19)14-10-6-8-12-7-4-5-9-13(12)14/h2,4-10H,1,3,11H2,(H,16,17). The molecule has 0 radical (unpaired) electrons. The largest absolute Gasteiger partial charge is 0.274 e. The Bertz CT molecular complexity index is 745. The van der Waals surface area contributed by atoms with E-state index in [2.05, 4.69) is 11.3 Å². The molecule has 0 heterocycles. The Balaban J connectivity index is 2.37. The molecular formula is C15H15NO3S. The normalized spacial score (nSPS) is 11.2. The number of hydrogen-bond donors (Lipinski definition) is 1. The Morgan fingerprint density at radius 1 is 1.15 bits per heavy atom. The lowest BCUT2D eigenvalue weighted by Crippen LogP contribution is -2.30. The van der Waals surface area contributed by atoms with Crippen LogP contribution in [0.25, 0.3) is 10.8 Å². The topological polar surface area (TPSA) is 63.2 Å². The second kappa shape index (κ2) is 5.88. The number of allylic oxidation sites excluding steroid dienone is 1. The van der Waals surface area contributed by atoms with E-state index in [-0.39, 0.29) is 11.3 Å². The number of sulfonamides is 1. The molecule has 0 saturated carbocycles. The van der Waals surface area contributed by atoms with Crippen LogP contribution < -0.4 is 4.72 Å². The van der Waals surface area contributed by atoms with Crippen molar-refractivity contribution in [3.8, 4) is 0 Å². The van der Waals surface area contributed by atoms with Gasteiger partial charge in [-0.15, -0.1) is 6.58 Å². The molecule has 0 atom stereocenters. The second-order valence-corrected chi connectivity index (χ2v) is 5.98. The number of rotatable bonds is 5. The van der Waals surface area contributed by atoms with Crippen LogP contribution in [0.1, 0.15) is 12.8 Å². The first-order valence-corrected chi connectivity index (χ1v) is 7.67. The van der Waals surface area contributed by atoms with E-state index in [1.807, 2.05) is 18.2 Å². The van der Waals surface area contributed by atoms with Gasteiger partial charge in [-0.2, -0.15) is 0 Å². The van der Waals surface area contributed by atoms with E-state index in [1.165, 1.54) is 6.07 Å². The maximum absolute atomic E-state index is 12.3. The minimum Gasteiger partial charge on any atom is -0.274 e. The van der Waals surface area contributed by atoms with Crippen LogP contribution in [0.3, 0.4) is 0 Å². The summed E-state index contributed by atoms with van der Waals surface area (Å²) in [6, 6.07) is 12.1. The molecule has 104 valence electrons. The molecule has 1 amide bonds. The van der Waals surface area contributed by atoms with Crippen molar-refractivity contribution in [2.45, 2.75) is 17.7 Å². The third-order valence-corrected chi connectivity index (χ3v) is 4.29. The fourth-order valence-electron chi connectivity index (χ4n) is 1.92. The van der Waals surface area contributed by atoms with Crippen LogP contribution in [0, 0.1) is 0 Å². The molecule has 0 aliphatic carbocycles. The highest BCUT2D eigenvalue weighted by molar-refractivity contribution is 7.90. The third-order valence-electron chi connectivity index (χ3n) is 2.86. The molecular weight excluding hydrogens is 274 g/mol. The average molecular weight is 289 g/mol. The summed E-state index contributed by atoms with van der Waals surface area (Å²) >= 11 is 0. The third kappa shape index (κ3) is 3.05. The molecule has 0 bridgehead atoms. The number of nitrogens with one attached hydrogen (secondary N) is 1. The molecule has 2 rings (SSSR count). The van der Waals surface area contributed by atoms with Crippen molar-refractivity contribution < 1.29 is 13.2 Å². The zero-order valence-corrected chi connectivity index (χ0v) is 11.7. The Labute approximate surface area is 118 Å². The van der Waals surface area contributed by atoms with Gasteiger partial charge in [-0.1, -0.05) is 42.5 Å². The maximum Gasteiger partial charge on any atom is 0.264 e. The minimum absolute atomic E-state index is 0.105. The minimum atomic E-state index is -3.85. The molecule has 4 nitrogen and oxygen atoms in total. The van der Waals surface area contributed by atoms with Crippen molar-refractivity contribution in [2.75, 3.05) is 0 Å². The molecule has 0 spiro atoms. The van der Waals surface area contributed by atoms with Crippen molar-refractivity contribution in [3.05, 3.63) is 55.1 Å². The molecule has 1 N–H and O–H groups in total. The van der Waals surface area contributed by atoms with Gasteiger partial charge in [0.15, 0.2) is 0 Å². The van der Waals surface area contributed by atoms with Gasteiger partial charge < -0.3 is 0 Å². The van der Waals surface area contributed by atoms with Crippen LogP contribution in [0.5, 0.6) is 0 Å². The summed E-state index contributed by atoms with van der Waals surface area (Å²) < 4.78 is 26.6. The highest BCUT2D eigenvalue weighted by Gasteiger charge is 2.19. The lowest BCUT2D eigenvalue weighted by molar-refractivity contribution is -0.119. The number of fused-ring (bicyclic) bond motifs is 1. The van der Waals surface area contributed by atoms with Gasteiger partial charge in [-0.3, -0.25) is 4.79 Å². The molecule has 0 saturated heterocycles. The number of carbonyl (C=O) groups excluding carboxylic acids is 1. The van der Waals surface area contributed by atoms with Crippen LogP contribution in [-0.4, -0.2) is 14.3 Å². The highest BCUT2D eigenvalue weighted by atomic mass is 32.2. The summed E-state index contributed by atoms with van der Waals surface area (Å²) in [5.41, 5.74) is 0. The molecule has 0 aliphatic heterocycles. The summed E-state index contributed by atoms with van der Waals surface area (Å²) in [6.07, 6.45) is 2.12. The average Bonchev–Trinajstić information content (AvgIpc) is 2.44. The smallest absolute Gasteiger partial charge is 0.264 e. The highest BCUT2D eigenvalue weighted by Crippen LogP contribution is 2.22. The molecule has 2 aromatic carbocycles. The van der Waals surface area contributed by atoms with Crippen molar-refractivity contribution >= 4 is 26.7 Å². The first kappa shape index (κ1) is 14.3. The van der Waals surface area contributed by atoms with E-state index in [0.717, 1.165) is 5.39 Å². The van der Waals surface area contributed by atoms with Gasteiger partial charge in [0, 0.05) is 11.8 Å². The van der Waals surface area contributed by atoms with E-state index in [1.54, 1.807) is 24.3 Å². The van der Waals surface area contributed by atoms with E-state index in [4.69, 9.17) is 0 Å². The van der Waals surface area contributed by atoms with Gasteiger partial charge in [-0.05, 0) is 17.9 Å². The molecule has 0 fully saturated rings. The molecule has 2 aromatic rings. The monoisotopic (exact) mass is 289 g/mol. The van der Waals surface area contributed by atoms with Crippen LogP contribution >= 0.6 is 0 Å². The molecule has 0 aliphatic rings. The van der Waals surface area contributed by atoms with Crippen molar-refractivity contribution in [3.63, 3.8) is 0 Å². The Morgan fingerprint density at radius 3 is 2.60 bits per heavy atom. The van der Waals surface area contributed by atoms with Crippen molar-refractivity contribution in [2.24, 2.45) is 0 Å². The lowest BCUT2D eigenvalue weighted by atomic mass is 10.1. The number of amides is 1. The summed E-state index contributed by atoms with van der Waals surface area (Å²) in [4.78, 5) is 11.7. The Hall–Kier alpha value is -2.14. The first-order valence-electron chi connectivity index (χ1n) is 6.19. The summed E-state index contributed by atoms with van der Waals surface area (Å²) in [7, 11) is -3.85. The van der Waals surface area contributed by atoms with Gasteiger partial charge in [0.25, 0.3) is 10.0 Å². The van der Waals surface area contributed by atoms with Crippen LogP contribution in [0.4, 0.5) is 0 Å². The lowest BCUT2D eigenvalue weighted by Gasteiger charge is -2.09. The van der Waals surface area contributed by atoms with E-state index < -0.39 is 15.9 Å². The van der Waals surface area contributed by atoms with Gasteiger partial charge in [0.2, 0.25) is 5.91 Å². The number of benzene rings is 2. The second-order valence-electron chi connectivity index (χ2n) is 4.33. The van der Waals surface area contributed by atoms with Gasteiger partial charge in [-0.25, -0.2) is 13.1 Å². The quantitative estimate of drug-likeness (QED) is 0.861. The van der Waals surface area contributed by atoms with Gasteiger partial charge in [0.05, 0.1) is 4.90 Å². The predicted octanol–water partition coefficient (Wildman–Crippen LogP) is 2.61. The van der Waals surface area contributed by atoms with Crippen LogP contribution in [0.15, 0.2) is 60.0 Å². The number of carbonyl (C=O) groups is 1. The van der Waals surface area contributed by atoms with E-state index in [9.17, 15) is 13.2 Å². The van der Waals surface area contributed by atoms with E-state index in [0.29, 0.717) is 11.8 Å². The van der Waals surface area contributed by atoms with Crippen molar-refractivity contribution in [1.82, 2.24) is 4.72 Å². The fraction of sp³-hybridized carbons (Fsp3) is 0.133. The number of hydrogen-bond acceptors (Lipinski definition) is 3. The fourth-order valence-corrected chi connectivity index (χ4v) is 3.16. The van der Waals surface area contributed by atoms with Crippen molar-refractivity contribution in [1.29, 1.82) is 0 Å². The molecule has 0 aromatic heterocycles. The SMILES string of the molecule is C=CCCC(=O)NS(=O)(=O)c1cccc2ccccc12. The zero-order chi connectivity index (χ0) is 14.6. The van der Waals surface area contributed by atoms with Gasteiger partial charge in [0.1, 0.15) is 0 Å². The molecule has 5 heteroatoms. The Morgan fingerprint density at radius 2 is 1.85 bits per heavy atom. The van der Waals surface area contributed by atoms with Crippen LogP contribution in [-0.2, 0) is 14.8 Å².